The highest BCUT2D eigenvalue weighted by molar-refractivity contribution is 6.31. The fourth-order valence-corrected chi connectivity index (χ4v) is 3.84. The van der Waals surface area contributed by atoms with Crippen molar-refractivity contribution in [1.82, 2.24) is 9.88 Å². The minimum Gasteiger partial charge on any atom is -0.350 e. The number of nitrogens with one attached hydrogen (secondary N) is 1. The predicted molar refractivity (Wildman–Crippen MR) is 101 cm³/mol. The van der Waals surface area contributed by atoms with Gasteiger partial charge in [-0.25, -0.2) is 0 Å². The van der Waals surface area contributed by atoms with Gasteiger partial charge in [-0.15, -0.1) is 0 Å². The smallest absolute Gasteiger partial charge is 0.268 e. The Kier molecular flexibility index (Phi) is 5.30. The number of amides is 1. The molecule has 0 fully saturated rings. The molecule has 0 aliphatic heterocycles. The number of nitrogens with zero attached hydrogens (tertiary/aromatic N) is 1. The third kappa shape index (κ3) is 3.36. The van der Waals surface area contributed by atoms with Gasteiger partial charge >= 0.3 is 0 Å². The zero-order chi connectivity index (χ0) is 17.1. The van der Waals surface area contributed by atoms with Crippen molar-refractivity contribution in [3.8, 4) is 0 Å². The predicted octanol–water partition coefficient (Wildman–Crippen LogP) is 5.24. The van der Waals surface area contributed by atoms with Crippen LogP contribution in [-0.4, -0.2) is 17.0 Å². The van der Waals surface area contributed by atoms with Gasteiger partial charge in [-0.05, 0) is 69.7 Å². The average molecular weight is 345 g/mol. The van der Waals surface area contributed by atoms with E-state index in [-0.39, 0.29) is 5.91 Å². The number of carbonyl (C=O) groups excluding carboxylic acids is 1. The number of benzene rings is 1. The third-order valence-electron chi connectivity index (χ3n) is 4.93. The Hall–Kier alpha value is -1.74. The highest BCUT2D eigenvalue weighted by Crippen LogP contribution is 2.28. The Morgan fingerprint density at radius 3 is 2.88 bits per heavy atom. The molecule has 3 rings (SSSR count). The van der Waals surface area contributed by atoms with E-state index in [0.717, 1.165) is 35.1 Å². The van der Waals surface area contributed by atoms with Crippen LogP contribution in [0.15, 0.2) is 29.8 Å². The summed E-state index contributed by atoms with van der Waals surface area (Å²) >= 11 is 6.13. The van der Waals surface area contributed by atoms with Gasteiger partial charge in [0.1, 0.15) is 5.69 Å². The maximum atomic E-state index is 12.8. The van der Waals surface area contributed by atoms with Crippen molar-refractivity contribution in [3.05, 3.63) is 46.1 Å². The summed E-state index contributed by atoms with van der Waals surface area (Å²) in [6.45, 7) is 5.54. The van der Waals surface area contributed by atoms with E-state index in [9.17, 15) is 4.79 Å². The van der Waals surface area contributed by atoms with Crippen LogP contribution in [-0.2, 0) is 6.54 Å². The third-order valence-corrected chi connectivity index (χ3v) is 5.16. The van der Waals surface area contributed by atoms with Gasteiger partial charge in [0.2, 0.25) is 0 Å². The van der Waals surface area contributed by atoms with E-state index in [1.807, 2.05) is 25.1 Å². The number of aromatic nitrogens is 1. The number of fused-ring (bicyclic) bond motifs is 1. The van der Waals surface area contributed by atoms with Gasteiger partial charge < -0.3 is 9.88 Å². The maximum Gasteiger partial charge on any atom is 0.268 e. The Balaban J connectivity index is 1.79. The number of hydrogen-bond donors (Lipinski definition) is 1. The normalized spacial score (nSPS) is 14.7. The minimum absolute atomic E-state index is 0.0121. The first-order valence-corrected chi connectivity index (χ1v) is 9.24. The molecule has 1 amide bonds. The topological polar surface area (TPSA) is 34.0 Å². The summed E-state index contributed by atoms with van der Waals surface area (Å²) in [5.74, 6) is 0.0121. The second-order valence-corrected chi connectivity index (χ2v) is 6.93. The summed E-state index contributed by atoms with van der Waals surface area (Å²) < 4.78 is 2.08. The lowest BCUT2D eigenvalue weighted by atomic mass is 9.97. The zero-order valence-corrected chi connectivity index (χ0v) is 15.2. The van der Waals surface area contributed by atoms with Crippen LogP contribution in [0.1, 0.15) is 55.1 Å². The van der Waals surface area contributed by atoms with Gasteiger partial charge in [0.05, 0.1) is 0 Å². The molecule has 3 nitrogen and oxygen atoms in total. The number of carbonyl (C=O) groups is 1. The molecule has 128 valence electrons. The summed E-state index contributed by atoms with van der Waals surface area (Å²) in [6, 6.07) is 5.83. The van der Waals surface area contributed by atoms with Gasteiger partial charge in [-0.3, -0.25) is 4.79 Å². The summed E-state index contributed by atoms with van der Waals surface area (Å²) in [6.07, 6.45) is 8.25. The number of allylic oxidation sites excluding steroid dienone is 1. The van der Waals surface area contributed by atoms with Crippen LogP contribution < -0.4 is 5.32 Å². The highest BCUT2D eigenvalue weighted by Gasteiger charge is 2.19. The van der Waals surface area contributed by atoms with Gasteiger partial charge in [0.25, 0.3) is 5.91 Å². The van der Waals surface area contributed by atoms with Gasteiger partial charge in [-0.2, -0.15) is 0 Å². The lowest BCUT2D eigenvalue weighted by molar-refractivity contribution is 0.0944. The molecule has 4 heteroatoms. The first-order chi connectivity index (χ1) is 11.6. The molecule has 0 atom stereocenters. The summed E-state index contributed by atoms with van der Waals surface area (Å²) in [7, 11) is 0. The van der Waals surface area contributed by atoms with Crippen LogP contribution in [0.4, 0.5) is 0 Å². The largest absolute Gasteiger partial charge is 0.350 e. The van der Waals surface area contributed by atoms with Crippen LogP contribution in [0.5, 0.6) is 0 Å². The SMILES string of the molecule is CCn1c(C(=O)NCCC2=CCCCC2)c(C)c2cc(Cl)ccc21. The van der Waals surface area contributed by atoms with Crippen molar-refractivity contribution in [2.45, 2.75) is 52.5 Å². The Morgan fingerprint density at radius 2 is 2.17 bits per heavy atom. The molecule has 2 aromatic rings. The summed E-state index contributed by atoms with van der Waals surface area (Å²) in [4.78, 5) is 12.8. The van der Waals surface area contributed by atoms with Crippen LogP contribution in [0, 0.1) is 6.92 Å². The minimum atomic E-state index is 0.0121. The quantitative estimate of drug-likeness (QED) is 0.739. The van der Waals surface area contributed by atoms with Crippen molar-refractivity contribution in [1.29, 1.82) is 0 Å². The highest BCUT2D eigenvalue weighted by atomic mass is 35.5. The second kappa shape index (κ2) is 7.43. The van der Waals surface area contributed by atoms with Crippen LogP contribution in [0.25, 0.3) is 10.9 Å². The monoisotopic (exact) mass is 344 g/mol. The molecule has 0 unspecified atom stereocenters. The van der Waals surface area contributed by atoms with E-state index >= 15 is 0 Å². The van der Waals surface area contributed by atoms with Gasteiger partial charge in [0.15, 0.2) is 0 Å². The van der Waals surface area contributed by atoms with Crippen LogP contribution in [0.2, 0.25) is 5.02 Å². The molecular formula is C20H25ClN2O. The standard InChI is InChI=1S/C20H25ClN2O/c1-3-23-18-10-9-16(21)13-17(18)14(2)19(23)20(24)22-12-11-15-7-5-4-6-8-15/h7,9-10,13H,3-6,8,11-12H2,1-2H3,(H,22,24). The molecule has 1 aromatic heterocycles. The molecule has 1 aliphatic carbocycles. The fraction of sp³-hybridized carbons (Fsp3) is 0.450. The Morgan fingerprint density at radius 1 is 1.33 bits per heavy atom. The molecule has 1 N–H and O–H groups in total. The lowest BCUT2D eigenvalue weighted by Gasteiger charge is -2.14. The molecule has 0 radical (unpaired) electrons. The molecule has 1 aromatic carbocycles. The molecule has 0 saturated heterocycles. The van der Waals surface area contributed by atoms with E-state index < -0.39 is 0 Å². The van der Waals surface area contributed by atoms with Crippen LogP contribution >= 0.6 is 11.6 Å². The van der Waals surface area contributed by atoms with E-state index in [1.54, 1.807) is 0 Å². The van der Waals surface area contributed by atoms with E-state index in [4.69, 9.17) is 11.6 Å². The van der Waals surface area contributed by atoms with E-state index in [1.165, 1.54) is 31.3 Å². The molecule has 1 aliphatic rings. The fourth-order valence-electron chi connectivity index (χ4n) is 3.67. The summed E-state index contributed by atoms with van der Waals surface area (Å²) in [5.41, 5.74) is 4.32. The van der Waals surface area contributed by atoms with Crippen LogP contribution in [0.3, 0.4) is 0 Å². The van der Waals surface area contributed by atoms with Gasteiger partial charge in [-0.1, -0.05) is 23.3 Å². The van der Waals surface area contributed by atoms with Crippen molar-refractivity contribution in [2.24, 2.45) is 0 Å². The molecule has 1 heterocycles. The molecule has 24 heavy (non-hydrogen) atoms. The number of rotatable bonds is 5. The molecule has 0 saturated carbocycles. The number of hydrogen-bond acceptors (Lipinski definition) is 1. The average Bonchev–Trinajstić information content (AvgIpc) is 2.87. The Labute approximate surface area is 148 Å². The maximum absolute atomic E-state index is 12.8. The van der Waals surface area contributed by atoms with Crippen molar-refractivity contribution in [2.75, 3.05) is 6.54 Å². The lowest BCUT2D eigenvalue weighted by Crippen LogP contribution is -2.27. The molecular weight excluding hydrogens is 320 g/mol. The van der Waals surface area contributed by atoms with Gasteiger partial charge in [0, 0.05) is 29.0 Å². The first kappa shape index (κ1) is 17.1. The van der Waals surface area contributed by atoms with Crippen molar-refractivity contribution >= 4 is 28.4 Å². The second-order valence-electron chi connectivity index (χ2n) is 6.49. The van der Waals surface area contributed by atoms with Crippen molar-refractivity contribution < 1.29 is 4.79 Å². The molecule has 0 spiro atoms. The Bertz CT molecular complexity index is 789. The van der Waals surface area contributed by atoms with E-state index in [0.29, 0.717) is 11.6 Å². The first-order valence-electron chi connectivity index (χ1n) is 8.86. The van der Waals surface area contributed by atoms with E-state index in [2.05, 4.69) is 22.9 Å². The zero-order valence-electron chi connectivity index (χ0n) is 14.5. The number of aryl methyl sites for hydroxylation is 2. The van der Waals surface area contributed by atoms with Crippen molar-refractivity contribution in [3.63, 3.8) is 0 Å². The molecule has 0 bridgehead atoms. The summed E-state index contributed by atoms with van der Waals surface area (Å²) in [5, 5.41) is 4.87. The number of halogens is 1.